The number of hydrogen-bond donors (Lipinski definition) is 1. The van der Waals surface area contributed by atoms with E-state index >= 15 is 0 Å². The third kappa shape index (κ3) is 7.35. The number of ether oxygens (including phenoxy) is 2. The maximum absolute atomic E-state index is 12.8. The van der Waals surface area contributed by atoms with Gasteiger partial charge in [0.15, 0.2) is 11.9 Å². The Morgan fingerprint density at radius 1 is 0.818 bits per heavy atom. The molecule has 0 radical (unpaired) electrons. The van der Waals surface area contributed by atoms with Gasteiger partial charge in [0.25, 0.3) is 6.10 Å². The second kappa shape index (κ2) is 9.27. The van der Waals surface area contributed by atoms with Gasteiger partial charge in [0.1, 0.15) is 0 Å². The van der Waals surface area contributed by atoms with Gasteiger partial charge in [0.2, 0.25) is 5.95 Å². The molecule has 1 aromatic heterocycles. The lowest BCUT2D eigenvalue weighted by molar-refractivity contribution is -0.301. The van der Waals surface area contributed by atoms with Crippen molar-refractivity contribution in [3.63, 3.8) is 0 Å². The maximum Gasteiger partial charge on any atom is 0.434 e. The van der Waals surface area contributed by atoms with E-state index in [1.807, 2.05) is 0 Å². The molecule has 0 spiro atoms. The van der Waals surface area contributed by atoms with E-state index in [9.17, 15) is 44.3 Å². The van der Waals surface area contributed by atoms with Gasteiger partial charge in [0.05, 0.1) is 0 Å². The molecule has 0 saturated heterocycles. The largest absolute Gasteiger partial charge is 0.451 e. The highest BCUT2D eigenvalue weighted by atomic mass is 19.4. The fourth-order valence-electron chi connectivity index (χ4n) is 2.07. The number of anilines is 2. The van der Waals surface area contributed by atoms with Gasteiger partial charge in [-0.25, -0.2) is 0 Å². The molecule has 0 aliphatic rings. The number of Topliss-reactive ketones (excluding diaryl/α,β-unsaturated/α-hetero) is 1. The fourth-order valence-corrected chi connectivity index (χ4v) is 2.07. The summed E-state index contributed by atoms with van der Waals surface area (Å²) in [5, 5.41) is 2.34. The van der Waals surface area contributed by atoms with E-state index in [0.29, 0.717) is 6.92 Å². The van der Waals surface area contributed by atoms with Crippen molar-refractivity contribution in [1.82, 2.24) is 15.0 Å². The molecule has 1 unspecified atom stereocenters. The van der Waals surface area contributed by atoms with E-state index in [1.165, 1.54) is 31.2 Å². The highest BCUT2D eigenvalue weighted by Gasteiger charge is 2.59. The molecule has 1 aromatic carbocycles. The summed E-state index contributed by atoms with van der Waals surface area (Å²) >= 11 is 0. The van der Waals surface area contributed by atoms with Crippen LogP contribution in [0, 0.1) is 0 Å². The minimum absolute atomic E-state index is 0.0789. The van der Waals surface area contributed by atoms with Gasteiger partial charge in [-0.2, -0.15) is 49.5 Å². The summed E-state index contributed by atoms with van der Waals surface area (Å²) in [5.41, 5.74) is 0.344. The first-order chi connectivity index (χ1) is 15.0. The summed E-state index contributed by atoms with van der Waals surface area (Å²) < 4.78 is 123. The van der Waals surface area contributed by atoms with Crippen LogP contribution in [0.5, 0.6) is 12.0 Å². The van der Waals surface area contributed by atoms with Crippen molar-refractivity contribution in [2.75, 3.05) is 5.32 Å². The standard InChI is InChI=1S/C17H13F9N4O3/c1-7(31)9-3-5-10(6-4-9)27-12-28-13(32-8(2)15(18,19)20)30-14(29-12)33-11(16(21,22)23)17(24,25)26/h3-6,8,11H,1-2H3,(H,27,28,29,30). The number of aromatic nitrogens is 3. The van der Waals surface area contributed by atoms with E-state index in [1.54, 1.807) is 0 Å². The summed E-state index contributed by atoms with van der Waals surface area (Å²) in [6.45, 7) is 1.77. The quantitative estimate of drug-likeness (QED) is 0.429. The van der Waals surface area contributed by atoms with Crippen LogP contribution in [-0.4, -0.2) is 51.5 Å². The molecule has 0 bridgehead atoms. The molecule has 0 aliphatic carbocycles. The van der Waals surface area contributed by atoms with Gasteiger partial charge in [-0.1, -0.05) is 0 Å². The Hall–Kier alpha value is -3.33. The predicted octanol–water partition coefficient (Wildman–Crippen LogP) is 5.02. The zero-order chi connectivity index (χ0) is 25.2. The summed E-state index contributed by atoms with van der Waals surface area (Å²) in [5.74, 6) is -1.09. The minimum atomic E-state index is -5.94. The molecule has 0 fully saturated rings. The van der Waals surface area contributed by atoms with Crippen LogP contribution in [0.25, 0.3) is 0 Å². The number of hydrogen-bond acceptors (Lipinski definition) is 7. The number of carbonyl (C=O) groups is 1. The molecule has 7 nitrogen and oxygen atoms in total. The summed E-state index contributed by atoms with van der Waals surface area (Å²) in [4.78, 5) is 20.9. The molecule has 0 saturated carbocycles. The number of rotatable bonds is 7. The van der Waals surface area contributed by atoms with E-state index in [2.05, 4.69) is 29.7 Å². The van der Waals surface area contributed by atoms with Crippen LogP contribution in [0.4, 0.5) is 51.1 Å². The van der Waals surface area contributed by atoms with Gasteiger partial charge in [-0.05, 0) is 38.1 Å². The average Bonchev–Trinajstić information content (AvgIpc) is 2.64. The Morgan fingerprint density at radius 2 is 1.30 bits per heavy atom. The molecular weight excluding hydrogens is 479 g/mol. The fraction of sp³-hybridized carbons (Fsp3) is 0.412. The molecule has 182 valence electrons. The first-order valence-corrected chi connectivity index (χ1v) is 8.64. The first kappa shape index (κ1) is 25.9. The monoisotopic (exact) mass is 492 g/mol. The summed E-state index contributed by atoms with van der Waals surface area (Å²) in [7, 11) is 0. The Bertz CT molecular complexity index is 962. The van der Waals surface area contributed by atoms with Crippen LogP contribution in [0.2, 0.25) is 0 Å². The Morgan fingerprint density at radius 3 is 1.73 bits per heavy atom. The van der Waals surface area contributed by atoms with Gasteiger partial charge in [0, 0.05) is 11.3 Å². The average molecular weight is 492 g/mol. The topological polar surface area (TPSA) is 86.2 Å². The van der Waals surface area contributed by atoms with E-state index in [0.717, 1.165) is 0 Å². The smallest absolute Gasteiger partial charge is 0.434 e. The van der Waals surface area contributed by atoms with E-state index in [4.69, 9.17) is 0 Å². The predicted molar refractivity (Wildman–Crippen MR) is 92.2 cm³/mol. The van der Waals surface area contributed by atoms with Crippen molar-refractivity contribution in [3.8, 4) is 12.0 Å². The molecule has 0 aliphatic heterocycles. The number of carbonyl (C=O) groups excluding carboxylic acids is 1. The summed E-state index contributed by atoms with van der Waals surface area (Å²) in [6.07, 6.45) is -23.8. The second-order valence-corrected chi connectivity index (χ2v) is 6.37. The number of ketones is 1. The number of nitrogens with zero attached hydrogens (tertiary/aromatic N) is 3. The lowest BCUT2D eigenvalue weighted by Crippen LogP contribution is -2.47. The van der Waals surface area contributed by atoms with Gasteiger partial charge in [-0.15, -0.1) is 4.98 Å². The van der Waals surface area contributed by atoms with E-state index < -0.39 is 48.7 Å². The second-order valence-electron chi connectivity index (χ2n) is 6.37. The molecule has 33 heavy (non-hydrogen) atoms. The Labute approximate surface area is 178 Å². The van der Waals surface area contributed by atoms with Crippen LogP contribution >= 0.6 is 0 Å². The number of alkyl halides is 9. The van der Waals surface area contributed by atoms with Crippen LogP contribution in [0.15, 0.2) is 24.3 Å². The van der Waals surface area contributed by atoms with Crippen molar-refractivity contribution in [2.45, 2.75) is 44.6 Å². The molecule has 1 heterocycles. The van der Waals surface area contributed by atoms with Gasteiger partial charge < -0.3 is 14.8 Å². The van der Waals surface area contributed by atoms with Crippen LogP contribution in [0.3, 0.4) is 0 Å². The first-order valence-electron chi connectivity index (χ1n) is 8.64. The lowest BCUT2D eigenvalue weighted by Gasteiger charge is -2.23. The minimum Gasteiger partial charge on any atom is -0.451 e. The number of nitrogens with one attached hydrogen (secondary N) is 1. The Balaban J connectivity index is 2.43. The third-order valence-corrected chi connectivity index (χ3v) is 3.70. The number of benzene rings is 1. The van der Waals surface area contributed by atoms with Crippen molar-refractivity contribution in [2.24, 2.45) is 0 Å². The molecular formula is C17H13F9N4O3. The molecule has 2 aromatic rings. The molecule has 16 heteroatoms. The highest BCUT2D eigenvalue weighted by molar-refractivity contribution is 5.94. The molecule has 1 N–H and O–H groups in total. The van der Waals surface area contributed by atoms with Crippen LogP contribution < -0.4 is 14.8 Å². The molecule has 2 rings (SSSR count). The molecule has 1 atom stereocenters. The van der Waals surface area contributed by atoms with Crippen molar-refractivity contribution in [3.05, 3.63) is 29.8 Å². The summed E-state index contributed by atoms with van der Waals surface area (Å²) in [6, 6.07) is 2.32. The van der Waals surface area contributed by atoms with Crippen molar-refractivity contribution >= 4 is 17.4 Å². The van der Waals surface area contributed by atoms with Crippen molar-refractivity contribution < 1.29 is 53.8 Å². The number of halogens is 9. The lowest BCUT2D eigenvalue weighted by atomic mass is 10.1. The molecule has 0 amide bonds. The Kier molecular flexibility index (Phi) is 7.28. The van der Waals surface area contributed by atoms with Gasteiger partial charge >= 0.3 is 30.5 Å². The zero-order valence-corrected chi connectivity index (χ0v) is 16.4. The third-order valence-electron chi connectivity index (χ3n) is 3.70. The van der Waals surface area contributed by atoms with Gasteiger partial charge in [-0.3, -0.25) is 4.79 Å². The highest BCUT2D eigenvalue weighted by Crippen LogP contribution is 2.36. The van der Waals surface area contributed by atoms with Crippen LogP contribution in [0.1, 0.15) is 24.2 Å². The van der Waals surface area contributed by atoms with E-state index in [-0.39, 0.29) is 17.0 Å². The SMILES string of the molecule is CC(=O)c1ccc(Nc2nc(OC(C)C(F)(F)F)nc(OC(C(F)(F)F)C(F)(F)F)n2)cc1. The zero-order valence-electron chi connectivity index (χ0n) is 16.4. The van der Waals surface area contributed by atoms with Crippen molar-refractivity contribution in [1.29, 1.82) is 0 Å². The van der Waals surface area contributed by atoms with Crippen LogP contribution in [-0.2, 0) is 0 Å². The normalized spacial score (nSPS) is 13.6. The maximum atomic E-state index is 12.8.